The van der Waals surface area contributed by atoms with E-state index in [0.29, 0.717) is 34.3 Å². The lowest BCUT2D eigenvalue weighted by molar-refractivity contribution is 0.170. The summed E-state index contributed by atoms with van der Waals surface area (Å²) in [5, 5.41) is 24.1. The number of aliphatic hydroxyl groups is 1. The molecule has 1 saturated carbocycles. The molecular weight excluding hydrogens is 348 g/mol. The van der Waals surface area contributed by atoms with Crippen molar-refractivity contribution in [2.75, 3.05) is 6.54 Å². The summed E-state index contributed by atoms with van der Waals surface area (Å²) in [7, 11) is 0. The van der Waals surface area contributed by atoms with E-state index in [4.69, 9.17) is 0 Å². The lowest BCUT2D eigenvalue weighted by Crippen LogP contribution is -2.34. The minimum absolute atomic E-state index is 0.0298. The minimum atomic E-state index is -0.735. The highest BCUT2D eigenvalue weighted by molar-refractivity contribution is 7.16. The van der Waals surface area contributed by atoms with E-state index in [1.807, 2.05) is 6.07 Å². The number of thiazole rings is 1. The molecule has 1 aliphatic rings. The molecule has 2 aromatic carbocycles. The molecule has 0 saturated heterocycles. The Hall–Kier alpha value is -2.15. The van der Waals surface area contributed by atoms with Crippen LogP contribution in [-0.2, 0) is 0 Å². The zero-order valence-electron chi connectivity index (χ0n) is 14.3. The maximum atomic E-state index is 11.6. The molecule has 3 atom stereocenters. The minimum Gasteiger partial charge on any atom is -0.506 e. The molecule has 26 heavy (non-hydrogen) atoms. The van der Waals surface area contributed by atoms with Crippen molar-refractivity contribution >= 4 is 21.6 Å². The molecule has 0 bridgehead atoms. The molecule has 0 amide bonds. The number of fused-ring (bicyclic) bond motifs is 1. The molecule has 3 aromatic rings. The number of hydrogen-bond donors (Lipinski definition) is 4. The van der Waals surface area contributed by atoms with E-state index >= 15 is 0 Å². The normalized spacial score (nSPS) is 21.3. The van der Waals surface area contributed by atoms with Crippen LogP contribution in [0.2, 0.25) is 0 Å². The monoisotopic (exact) mass is 370 g/mol. The predicted octanol–water partition coefficient (Wildman–Crippen LogP) is 3.25. The van der Waals surface area contributed by atoms with Gasteiger partial charge in [0.1, 0.15) is 11.3 Å². The summed E-state index contributed by atoms with van der Waals surface area (Å²) in [6.45, 7) is 0.417. The van der Waals surface area contributed by atoms with Gasteiger partial charge in [-0.15, -0.1) is 0 Å². The number of phenols is 1. The Morgan fingerprint density at radius 1 is 1.19 bits per heavy atom. The third kappa shape index (κ3) is 3.28. The molecule has 1 aliphatic carbocycles. The van der Waals surface area contributed by atoms with Crippen molar-refractivity contribution in [2.45, 2.75) is 37.3 Å². The van der Waals surface area contributed by atoms with Gasteiger partial charge in [-0.1, -0.05) is 54.2 Å². The average Bonchev–Trinajstić information content (AvgIpc) is 3.27. The standard InChI is InChI=1S/C20H22N2O3S/c23-16-10-9-14(19-18(16)22-20(25)26-19)17(24)11-21-15-8-4-7-13(15)12-5-2-1-3-6-12/h1-3,5-6,9-10,13,15,17,21,23-24H,4,7-8,11H2,(H,22,25)/t13?,15?,17-/m0/s1. The molecule has 0 spiro atoms. The van der Waals surface area contributed by atoms with Crippen LogP contribution in [0.1, 0.15) is 42.4 Å². The number of aromatic hydroxyl groups is 1. The average molecular weight is 370 g/mol. The number of aromatic amines is 1. The Morgan fingerprint density at radius 3 is 2.81 bits per heavy atom. The largest absolute Gasteiger partial charge is 0.506 e. The van der Waals surface area contributed by atoms with Gasteiger partial charge >= 0.3 is 4.87 Å². The molecule has 5 nitrogen and oxygen atoms in total. The predicted molar refractivity (Wildman–Crippen MR) is 104 cm³/mol. The molecular formula is C20H22N2O3S. The Balaban J connectivity index is 1.50. The summed E-state index contributed by atoms with van der Waals surface area (Å²) in [6.07, 6.45) is 2.69. The zero-order chi connectivity index (χ0) is 18.1. The van der Waals surface area contributed by atoms with Gasteiger partial charge in [0.25, 0.3) is 0 Å². The topological polar surface area (TPSA) is 85.4 Å². The molecule has 136 valence electrons. The number of nitrogens with one attached hydrogen (secondary N) is 2. The number of phenolic OH excluding ortho intramolecular Hbond substituents is 1. The lowest BCUT2D eigenvalue weighted by Gasteiger charge is -2.23. The molecule has 4 rings (SSSR count). The fraction of sp³-hybridized carbons (Fsp3) is 0.350. The molecule has 0 radical (unpaired) electrons. The van der Waals surface area contributed by atoms with Gasteiger partial charge in [0.2, 0.25) is 0 Å². The summed E-state index contributed by atoms with van der Waals surface area (Å²) in [4.78, 5) is 14.0. The van der Waals surface area contributed by atoms with E-state index in [-0.39, 0.29) is 10.6 Å². The Kier molecular flexibility index (Phi) is 4.80. The molecule has 1 heterocycles. The maximum absolute atomic E-state index is 11.6. The molecule has 1 fully saturated rings. The highest BCUT2D eigenvalue weighted by Gasteiger charge is 2.29. The van der Waals surface area contributed by atoms with Crippen molar-refractivity contribution in [3.8, 4) is 5.75 Å². The first-order valence-corrected chi connectivity index (χ1v) is 9.76. The number of aromatic nitrogens is 1. The van der Waals surface area contributed by atoms with Crippen LogP contribution in [-0.4, -0.2) is 27.8 Å². The van der Waals surface area contributed by atoms with Gasteiger partial charge in [0, 0.05) is 18.2 Å². The molecule has 2 unspecified atom stereocenters. The van der Waals surface area contributed by atoms with Gasteiger partial charge in [0.05, 0.1) is 10.8 Å². The lowest BCUT2D eigenvalue weighted by atomic mass is 9.94. The number of benzene rings is 2. The van der Waals surface area contributed by atoms with Crippen LogP contribution < -0.4 is 10.2 Å². The van der Waals surface area contributed by atoms with Gasteiger partial charge in [-0.3, -0.25) is 4.79 Å². The van der Waals surface area contributed by atoms with Crippen molar-refractivity contribution < 1.29 is 10.2 Å². The van der Waals surface area contributed by atoms with E-state index in [0.717, 1.165) is 24.2 Å². The van der Waals surface area contributed by atoms with Crippen LogP contribution in [0.15, 0.2) is 47.3 Å². The van der Waals surface area contributed by atoms with Gasteiger partial charge < -0.3 is 20.5 Å². The molecule has 1 aromatic heterocycles. The summed E-state index contributed by atoms with van der Waals surface area (Å²) < 4.78 is 0.621. The SMILES string of the molecule is O=c1[nH]c2c(O)ccc([C@@H](O)CNC3CCCC3c3ccccc3)c2s1. The first kappa shape index (κ1) is 17.3. The second-order valence-corrected chi connectivity index (χ2v) is 7.85. The van der Waals surface area contributed by atoms with Crippen molar-refractivity contribution in [1.82, 2.24) is 10.3 Å². The highest BCUT2D eigenvalue weighted by Crippen LogP contribution is 2.35. The van der Waals surface area contributed by atoms with E-state index in [2.05, 4.69) is 34.6 Å². The van der Waals surface area contributed by atoms with Gasteiger partial charge in [0.15, 0.2) is 0 Å². The number of hydrogen-bond acceptors (Lipinski definition) is 5. The van der Waals surface area contributed by atoms with Crippen LogP contribution >= 0.6 is 11.3 Å². The molecule has 6 heteroatoms. The fourth-order valence-electron chi connectivity index (χ4n) is 3.98. The Bertz CT molecular complexity index is 951. The van der Waals surface area contributed by atoms with E-state index in [9.17, 15) is 15.0 Å². The van der Waals surface area contributed by atoms with Crippen LogP contribution in [0.5, 0.6) is 5.75 Å². The Morgan fingerprint density at radius 2 is 2.00 bits per heavy atom. The first-order valence-electron chi connectivity index (χ1n) is 8.94. The number of rotatable bonds is 5. The smallest absolute Gasteiger partial charge is 0.305 e. The Labute approximate surface area is 155 Å². The van der Waals surface area contributed by atoms with Gasteiger partial charge in [-0.2, -0.15) is 0 Å². The van der Waals surface area contributed by atoms with Crippen LogP contribution in [0.25, 0.3) is 10.2 Å². The summed E-state index contributed by atoms with van der Waals surface area (Å²) in [5.74, 6) is 0.494. The second-order valence-electron chi connectivity index (χ2n) is 6.87. The summed E-state index contributed by atoms with van der Waals surface area (Å²) >= 11 is 1.02. The third-order valence-corrected chi connectivity index (χ3v) is 6.20. The van der Waals surface area contributed by atoms with Gasteiger partial charge in [-0.05, 0) is 30.4 Å². The van der Waals surface area contributed by atoms with Crippen LogP contribution in [0.4, 0.5) is 0 Å². The second kappa shape index (κ2) is 7.23. The van der Waals surface area contributed by atoms with E-state index < -0.39 is 6.10 Å². The van der Waals surface area contributed by atoms with Crippen molar-refractivity contribution in [1.29, 1.82) is 0 Å². The third-order valence-electron chi connectivity index (χ3n) is 5.26. The highest BCUT2D eigenvalue weighted by atomic mass is 32.1. The van der Waals surface area contributed by atoms with Crippen LogP contribution in [0, 0.1) is 0 Å². The summed E-state index contributed by atoms with van der Waals surface area (Å²) in [6, 6.07) is 14.1. The van der Waals surface area contributed by atoms with E-state index in [1.165, 1.54) is 18.1 Å². The first-order chi connectivity index (χ1) is 12.6. The van der Waals surface area contributed by atoms with Crippen molar-refractivity contribution in [2.24, 2.45) is 0 Å². The quantitative estimate of drug-likeness (QED) is 0.555. The number of aliphatic hydroxyl groups excluding tert-OH is 1. The van der Waals surface area contributed by atoms with Crippen molar-refractivity contribution in [3.63, 3.8) is 0 Å². The van der Waals surface area contributed by atoms with E-state index in [1.54, 1.807) is 6.07 Å². The fourth-order valence-corrected chi connectivity index (χ4v) is 4.90. The van der Waals surface area contributed by atoms with Crippen LogP contribution in [0.3, 0.4) is 0 Å². The zero-order valence-corrected chi connectivity index (χ0v) is 15.1. The van der Waals surface area contributed by atoms with Crippen molar-refractivity contribution in [3.05, 3.63) is 63.3 Å². The molecule has 0 aliphatic heterocycles. The maximum Gasteiger partial charge on any atom is 0.305 e. The molecule has 4 N–H and O–H groups in total. The van der Waals surface area contributed by atoms with Gasteiger partial charge in [-0.25, -0.2) is 0 Å². The number of H-pyrrole nitrogens is 1. The summed E-state index contributed by atoms with van der Waals surface area (Å²) in [5.41, 5.74) is 2.41.